The number of fused-ring (bicyclic) bond motifs is 7. The van der Waals surface area contributed by atoms with Crippen molar-refractivity contribution >= 4 is 5.97 Å². The molecule has 11 N–H and O–H groups in total. The largest absolute Gasteiger partial charge is 0.479 e. The van der Waals surface area contributed by atoms with E-state index in [0.29, 0.717) is 12.8 Å². The van der Waals surface area contributed by atoms with Gasteiger partial charge in [-0.15, -0.1) is 0 Å². The maximum atomic E-state index is 12.5. The fourth-order valence-electron chi connectivity index (χ4n) is 15.1. The summed E-state index contributed by atoms with van der Waals surface area (Å²) in [5.74, 6) is -1.16. The summed E-state index contributed by atoms with van der Waals surface area (Å²) in [6.07, 6.45) is -17.6. The lowest BCUT2D eigenvalue weighted by Gasteiger charge is -2.72. The van der Waals surface area contributed by atoms with Crippen LogP contribution < -0.4 is 0 Å². The molecule has 0 unspecified atom stereocenters. The molecule has 3 heterocycles. The van der Waals surface area contributed by atoms with E-state index in [1.807, 2.05) is 6.92 Å². The minimum absolute atomic E-state index is 0.0166. The van der Waals surface area contributed by atoms with Crippen LogP contribution in [0.4, 0.5) is 0 Å². The Morgan fingerprint density at radius 1 is 0.667 bits per heavy atom. The number of carboxylic acids is 1. The zero-order valence-corrected chi connectivity index (χ0v) is 39.7. The average Bonchev–Trinajstić information content (AvgIpc) is 3.25. The van der Waals surface area contributed by atoms with E-state index >= 15 is 0 Å². The summed E-state index contributed by atoms with van der Waals surface area (Å²) in [5.41, 5.74) is -0.0545. The van der Waals surface area contributed by atoms with Gasteiger partial charge in [0.25, 0.3) is 0 Å². The van der Waals surface area contributed by atoms with Crippen molar-refractivity contribution in [3.63, 3.8) is 0 Å². The van der Waals surface area contributed by atoms with Crippen LogP contribution in [0.5, 0.6) is 0 Å². The Labute approximate surface area is 387 Å². The number of ether oxygens (including phenoxy) is 6. The van der Waals surface area contributed by atoms with E-state index in [4.69, 9.17) is 28.4 Å². The van der Waals surface area contributed by atoms with Crippen LogP contribution in [0.2, 0.25) is 0 Å². The van der Waals surface area contributed by atoms with Gasteiger partial charge in [0, 0.05) is 10.8 Å². The molecule has 0 spiro atoms. The lowest BCUT2D eigenvalue weighted by molar-refractivity contribution is -0.396. The molecule has 0 radical (unpaired) electrons. The third kappa shape index (κ3) is 7.78. The number of aliphatic carboxylic acids is 1. The van der Waals surface area contributed by atoms with E-state index in [2.05, 4.69) is 47.6 Å². The average molecular weight is 943 g/mol. The second kappa shape index (κ2) is 17.7. The number of carbonyl (C=O) groups is 1. The second-order valence-electron chi connectivity index (χ2n) is 23.6. The molecule has 8 rings (SSSR count). The van der Waals surface area contributed by atoms with Crippen LogP contribution in [0.25, 0.3) is 0 Å². The Hall–Kier alpha value is -1.43. The molecule has 0 aromatic heterocycles. The van der Waals surface area contributed by atoms with Crippen molar-refractivity contribution in [3.05, 3.63) is 11.6 Å². The molecule has 7 fully saturated rings. The third-order valence-corrected chi connectivity index (χ3v) is 19.5. The summed E-state index contributed by atoms with van der Waals surface area (Å²) in [6.45, 7) is 16.3. The Kier molecular flexibility index (Phi) is 13.7. The van der Waals surface area contributed by atoms with Crippen LogP contribution >= 0.6 is 0 Å². The van der Waals surface area contributed by atoms with Gasteiger partial charge in [0.2, 0.25) is 0 Å². The molecule has 25 atom stereocenters. The van der Waals surface area contributed by atoms with E-state index < -0.39 is 116 Å². The number of aliphatic hydroxyl groups is 10. The molecule has 378 valence electrons. The molecule has 0 aromatic carbocycles. The van der Waals surface area contributed by atoms with Gasteiger partial charge < -0.3 is 84.6 Å². The maximum absolute atomic E-state index is 12.5. The zero-order chi connectivity index (χ0) is 48.4. The smallest absolute Gasteiger partial charge is 0.335 e. The van der Waals surface area contributed by atoms with Gasteiger partial charge in [-0.1, -0.05) is 60.1 Å². The van der Waals surface area contributed by atoms with Gasteiger partial charge in [0.05, 0.1) is 31.5 Å². The van der Waals surface area contributed by atoms with Crippen LogP contribution in [0.1, 0.15) is 113 Å². The first kappa shape index (κ1) is 50.9. The van der Waals surface area contributed by atoms with Crippen molar-refractivity contribution in [1.29, 1.82) is 0 Å². The van der Waals surface area contributed by atoms with Gasteiger partial charge in [-0.2, -0.15) is 0 Å². The Bertz CT molecular complexity index is 1820. The van der Waals surface area contributed by atoms with Crippen molar-refractivity contribution in [2.24, 2.45) is 50.2 Å². The first-order chi connectivity index (χ1) is 30.7. The van der Waals surface area contributed by atoms with E-state index in [1.165, 1.54) is 12.5 Å². The Balaban J connectivity index is 1.08. The van der Waals surface area contributed by atoms with Gasteiger partial charge in [0.15, 0.2) is 25.0 Å². The molecule has 0 amide bonds. The number of aliphatic hydroxyl groups excluding tert-OH is 10. The molecule has 5 aliphatic carbocycles. The molecule has 3 saturated heterocycles. The molecule has 4 saturated carbocycles. The molecule has 8 aliphatic rings. The summed E-state index contributed by atoms with van der Waals surface area (Å²) in [6, 6.07) is 0. The summed E-state index contributed by atoms with van der Waals surface area (Å²) in [4.78, 5) is 12.5. The highest BCUT2D eigenvalue weighted by atomic mass is 16.8. The zero-order valence-electron chi connectivity index (χ0n) is 39.7. The molecule has 18 nitrogen and oxygen atoms in total. The van der Waals surface area contributed by atoms with Crippen LogP contribution in [0.3, 0.4) is 0 Å². The highest BCUT2D eigenvalue weighted by Crippen LogP contribution is 2.76. The van der Waals surface area contributed by atoms with E-state index in [1.54, 1.807) is 0 Å². The fourth-order valence-corrected chi connectivity index (χ4v) is 15.1. The first-order valence-electron chi connectivity index (χ1n) is 24.3. The monoisotopic (exact) mass is 943 g/mol. The molecular formula is C48H78O18. The quantitative estimate of drug-likeness (QED) is 0.112. The highest BCUT2D eigenvalue weighted by Gasteiger charge is 2.70. The van der Waals surface area contributed by atoms with Crippen LogP contribution in [0.15, 0.2) is 11.6 Å². The topological polar surface area (TPSA) is 295 Å². The van der Waals surface area contributed by atoms with Crippen LogP contribution in [0, 0.1) is 50.2 Å². The number of carboxylic acid groups (broad SMARTS) is 1. The Morgan fingerprint density at radius 3 is 1.94 bits per heavy atom. The second-order valence-corrected chi connectivity index (χ2v) is 23.6. The van der Waals surface area contributed by atoms with Gasteiger partial charge >= 0.3 is 5.97 Å². The maximum Gasteiger partial charge on any atom is 0.335 e. The molecule has 66 heavy (non-hydrogen) atoms. The SMILES string of the molecule is C[C@H]1O[C@@H](O[C@H]2[C@H](O[C@H]3[C@H](O[C@H]4CC[C@@]5(C)[C@@H](CC[C@]6(C)[C@@H]5CC=C5[C@H]7CC(C)(C)C[C@@H](O)[C@]7(C)CC[C@]56C)[C@@]4(C)CO)O[C@H](C(=O)O)[C@@H](O)[C@@H]3O)O[C@H](CO)[C@H](O)[C@@H]2O)[C@H](O)[C@H](O)[C@H]1O. The number of hydrogen-bond donors (Lipinski definition) is 11. The Morgan fingerprint density at radius 2 is 1.30 bits per heavy atom. The lowest BCUT2D eigenvalue weighted by atomic mass is 9.33. The van der Waals surface area contributed by atoms with Crippen molar-refractivity contribution in [2.45, 2.75) is 218 Å². The molecule has 3 aliphatic heterocycles. The molecule has 18 heteroatoms. The minimum atomic E-state index is -2.07. The summed E-state index contributed by atoms with van der Waals surface area (Å²) in [5, 5.41) is 120. The van der Waals surface area contributed by atoms with Crippen LogP contribution in [-0.4, -0.2) is 180 Å². The van der Waals surface area contributed by atoms with Crippen molar-refractivity contribution in [2.75, 3.05) is 13.2 Å². The standard InChI is InChI=1S/C48H78O18/c1-21-29(52)31(54)35(58)40(61-21)65-37-32(55)30(53)24(19-49)62-41(37)66-38-34(57)33(56)36(39(59)60)64-42(38)63-28-12-13-45(5)25(46(28,6)20-50)11-14-48(8)26(45)10-9-22-23-17-43(2,3)18-27(51)44(23,4)15-16-47(22,48)7/h9,21,23-38,40-42,49-58H,10-20H2,1-8H3,(H,59,60)/t21-,23-,24-,25-,26-,27-,28+,29+,30+,31-,32+,33+,34+,35-,36+,37-,38-,40+,41+,42-,44-,45+,46-,47-,48-/m1/s1. The van der Waals surface area contributed by atoms with Crippen LogP contribution in [-0.2, 0) is 33.2 Å². The fraction of sp³-hybridized carbons (Fsp3) is 0.938. The normalized spacial score (nSPS) is 55.9. The molecule has 0 aromatic rings. The number of hydrogen-bond acceptors (Lipinski definition) is 17. The predicted molar refractivity (Wildman–Crippen MR) is 231 cm³/mol. The van der Waals surface area contributed by atoms with Gasteiger partial charge in [0.1, 0.15) is 61.0 Å². The van der Waals surface area contributed by atoms with Gasteiger partial charge in [-0.25, -0.2) is 4.79 Å². The van der Waals surface area contributed by atoms with Gasteiger partial charge in [-0.3, -0.25) is 0 Å². The third-order valence-electron chi connectivity index (χ3n) is 19.5. The summed E-state index contributed by atoms with van der Waals surface area (Å²) in [7, 11) is 0. The van der Waals surface area contributed by atoms with Crippen molar-refractivity contribution in [1.82, 2.24) is 0 Å². The number of allylic oxidation sites excluding steroid dienone is 2. The van der Waals surface area contributed by atoms with Crippen molar-refractivity contribution < 1.29 is 89.4 Å². The van der Waals surface area contributed by atoms with Gasteiger partial charge in [-0.05, 0) is 104 Å². The molecular weight excluding hydrogens is 865 g/mol. The highest BCUT2D eigenvalue weighted by molar-refractivity contribution is 5.73. The van der Waals surface area contributed by atoms with E-state index in [0.717, 1.165) is 44.9 Å². The summed E-state index contributed by atoms with van der Waals surface area (Å²) >= 11 is 0. The predicted octanol–water partition coefficient (Wildman–Crippen LogP) is 0.705. The minimum Gasteiger partial charge on any atom is -0.479 e. The molecule has 0 bridgehead atoms. The van der Waals surface area contributed by atoms with Crippen molar-refractivity contribution in [3.8, 4) is 0 Å². The first-order valence-corrected chi connectivity index (χ1v) is 24.3. The number of rotatable bonds is 9. The lowest BCUT2D eigenvalue weighted by Crippen LogP contribution is -2.68. The van der Waals surface area contributed by atoms with E-state index in [9.17, 15) is 61.0 Å². The van der Waals surface area contributed by atoms with E-state index in [-0.39, 0.29) is 57.5 Å². The summed E-state index contributed by atoms with van der Waals surface area (Å²) < 4.78 is 36.2.